The minimum atomic E-state index is -0.202. The van der Waals surface area contributed by atoms with Gasteiger partial charge in [0.05, 0.1) is 12.7 Å². The van der Waals surface area contributed by atoms with Crippen LogP contribution in [0.25, 0.3) is 0 Å². The fourth-order valence-corrected chi connectivity index (χ4v) is 3.97. The van der Waals surface area contributed by atoms with E-state index in [0.717, 1.165) is 38.0 Å². The first-order chi connectivity index (χ1) is 11.7. The van der Waals surface area contributed by atoms with Gasteiger partial charge in [0, 0.05) is 31.6 Å². The van der Waals surface area contributed by atoms with E-state index in [1.165, 1.54) is 25.0 Å². The van der Waals surface area contributed by atoms with E-state index in [2.05, 4.69) is 10.2 Å². The Balaban J connectivity index is 1.36. The number of ether oxygens (including phenoxy) is 1. The summed E-state index contributed by atoms with van der Waals surface area (Å²) < 4.78 is 19.0. The number of carbonyl (C=O) groups excluding carboxylic acids is 1. The maximum Gasteiger partial charge on any atom is 0.223 e. The van der Waals surface area contributed by atoms with Gasteiger partial charge in [-0.2, -0.15) is 0 Å². The Morgan fingerprint density at radius 3 is 2.79 bits per heavy atom. The summed E-state index contributed by atoms with van der Waals surface area (Å²) >= 11 is 0. The number of nitrogens with zero attached hydrogens (tertiary/aromatic N) is 1. The molecule has 5 heteroatoms. The van der Waals surface area contributed by atoms with E-state index in [9.17, 15) is 9.18 Å². The third-order valence-corrected chi connectivity index (χ3v) is 5.58. The van der Waals surface area contributed by atoms with Crippen molar-refractivity contribution < 1.29 is 13.9 Å². The molecule has 1 aromatic rings. The van der Waals surface area contributed by atoms with Crippen LogP contribution < -0.4 is 5.32 Å². The van der Waals surface area contributed by atoms with Gasteiger partial charge in [0.2, 0.25) is 5.91 Å². The average molecular weight is 332 g/mol. The highest BCUT2D eigenvalue weighted by Gasteiger charge is 2.43. The van der Waals surface area contributed by atoms with Gasteiger partial charge in [0.1, 0.15) is 5.82 Å². The number of fused-ring (bicyclic) bond motifs is 1. The summed E-state index contributed by atoms with van der Waals surface area (Å²) in [4.78, 5) is 14.8. The van der Waals surface area contributed by atoms with Gasteiger partial charge >= 0.3 is 0 Å². The fraction of sp³-hybridized carbons (Fsp3) is 0.632. The first-order valence-corrected chi connectivity index (χ1v) is 9.07. The Bertz CT molecular complexity index is 588. The van der Waals surface area contributed by atoms with Crippen LogP contribution in [0.5, 0.6) is 0 Å². The van der Waals surface area contributed by atoms with Gasteiger partial charge in [-0.3, -0.25) is 9.69 Å². The van der Waals surface area contributed by atoms with E-state index in [-0.39, 0.29) is 23.7 Å². The lowest BCUT2D eigenvalue weighted by molar-refractivity contribution is -0.125. The van der Waals surface area contributed by atoms with Crippen molar-refractivity contribution >= 4 is 5.91 Å². The van der Waals surface area contributed by atoms with Crippen molar-refractivity contribution in [2.75, 3.05) is 19.7 Å². The van der Waals surface area contributed by atoms with Crippen LogP contribution in [-0.2, 0) is 16.1 Å². The number of halogens is 1. The molecule has 1 N–H and O–H groups in total. The van der Waals surface area contributed by atoms with E-state index in [0.29, 0.717) is 18.6 Å². The minimum Gasteiger partial charge on any atom is -0.375 e. The van der Waals surface area contributed by atoms with E-state index in [1.807, 2.05) is 12.1 Å². The summed E-state index contributed by atoms with van der Waals surface area (Å²) in [7, 11) is 0. The highest BCUT2D eigenvalue weighted by atomic mass is 19.1. The molecule has 1 saturated heterocycles. The molecular formula is C19H25FN2O2. The lowest BCUT2D eigenvalue weighted by Crippen LogP contribution is -2.47. The second-order valence-corrected chi connectivity index (χ2v) is 7.43. The van der Waals surface area contributed by atoms with Crippen LogP contribution in [0.15, 0.2) is 24.3 Å². The number of hydrogen-bond acceptors (Lipinski definition) is 3. The molecule has 3 atom stereocenters. The first-order valence-electron chi connectivity index (χ1n) is 9.07. The number of benzene rings is 1. The summed E-state index contributed by atoms with van der Waals surface area (Å²) in [6.07, 6.45) is 4.34. The average Bonchev–Trinajstić information content (AvgIpc) is 3.31. The van der Waals surface area contributed by atoms with Crippen LogP contribution in [0.4, 0.5) is 4.39 Å². The third-order valence-electron chi connectivity index (χ3n) is 5.58. The fourth-order valence-electron chi connectivity index (χ4n) is 3.97. The lowest BCUT2D eigenvalue weighted by atomic mass is 10.1. The number of nitrogens with one attached hydrogen (secondary N) is 1. The number of hydrogen-bond donors (Lipinski definition) is 1. The zero-order chi connectivity index (χ0) is 16.5. The molecule has 24 heavy (non-hydrogen) atoms. The molecule has 1 aromatic carbocycles. The molecule has 0 aromatic heterocycles. The quantitative estimate of drug-likeness (QED) is 0.900. The summed E-state index contributed by atoms with van der Waals surface area (Å²) in [6.45, 7) is 3.21. The Kier molecular flexibility index (Phi) is 4.55. The van der Waals surface area contributed by atoms with Crippen molar-refractivity contribution in [1.82, 2.24) is 10.2 Å². The zero-order valence-corrected chi connectivity index (χ0v) is 13.9. The van der Waals surface area contributed by atoms with Gasteiger partial charge in [0.25, 0.3) is 0 Å². The SMILES string of the molecule is O=C(NCC1CC1)[C@H]1C[C@@H]2OCCN(Cc3ccc(F)cc3)[C@H]2C1. The molecule has 0 unspecified atom stereocenters. The van der Waals surface area contributed by atoms with E-state index < -0.39 is 0 Å². The summed E-state index contributed by atoms with van der Waals surface area (Å²) in [5.74, 6) is 0.768. The van der Waals surface area contributed by atoms with Crippen molar-refractivity contribution in [3.05, 3.63) is 35.6 Å². The molecule has 0 radical (unpaired) electrons. The molecule has 0 bridgehead atoms. The molecular weight excluding hydrogens is 307 g/mol. The Labute approximate surface area is 142 Å². The van der Waals surface area contributed by atoms with Gasteiger partial charge in [-0.1, -0.05) is 12.1 Å². The molecule has 0 spiro atoms. The second-order valence-electron chi connectivity index (χ2n) is 7.43. The number of amides is 1. The summed E-state index contributed by atoms with van der Waals surface area (Å²) in [5, 5.41) is 3.11. The monoisotopic (exact) mass is 332 g/mol. The Hall–Kier alpha value is -1.46. The van der Waals surface area contributed by atoms with E-state index in [4.69, 9.17) is 4.74 Å². The molecule has 3 aliphatic rings. The van der Waals surface area contributed by atoms with Gasteiger partial charge in [-0.25, -0.2) is 4.39 Å². The molecule has 2 saturated carbocycles. The van der Waals surface area contributed by atoms with Crippen molar-refractivity contribution in [2.24, 2.45) is 11.8 Å². The van der Waals surface area contributed by atoms with Crippen molar-refractivity contribution in [2.45, 2.75) is 44.4 Å². The van der Waals surface area contributed by atoms with E-state index in [1.54, 1.807) is 0 Å². The number of carbonyl (C=O) groups is 1. The van der Waals surface area contributed by atoms with Crippen LogP contribution in [0.3, 0.4) is 0 Å². The second kappa shape index (κ2) is 6.81. The first kappa shape index (κ1) is 16.0. The van der Waals surface area contributed by atoms with Crippen LogP contribution in [0.2, 0.25) is 0 Å². The van der Waals surface area contributed by atoms with Gasteiger partial charge in [0.15, 0.2) is 0 Å². The predicted octanol–water partition coefficient (Wildman–Crippen LogP) is 2.33. The van der Waals surface area contributed by atoms with Crippen molar-refractivity contribution in [3.63, 3.8) is 0 Å². The van der Waals surface area contributed by atoms with Crippen molar-refractivity contribution in [1.29, 1.82) is 0 Å². The van der Waals surface area contributed by atoms with Crippen LogP contribution in [0, 0.1) is 17.7 Å². The maximum absolute atomic E-state index is 13.1. The normalized spacial score (nSPS) is 30.1. The van der Waals surface area contributed by atoms with Crippen LogP contribution in [0.1, 0.15) is 31.2 Å². The molecule has 1 aliphatic heterocycles. The highest BCUT2D eigenvalue weighted by Crippen LogP contribution is 2.35. The highest BCUT2D eigenvalue weighted by molar-refractivity contribution is 5.79. The molecule has 4 nitrogen and oxygen atoms in total. The summed E-state index contributed by atoms with van der Waals surface area (Å²) in [5.41, 5.74) is 1.11. The predicted molar refractivity (Wildman–Crippen MR) is 88.8 cm³/mol. The van der Waals surface area contributed by atoms with Crippen molar-refractivity contribution in [3.8, 4) is 0 Å². The lowest BCUT2D eigenvalue weighted by Gasteiger charge is -2.37. The Morgan fingerprint density at radius 2 is 2.04 bits per heavy atom. The summed E-state index contributed by atoms with van der Waals surface area (Å²) in [6, 6.07) is 7.00. The molecule has 1 heterocycles. The minimum absolute atomic E-state index is 0.0626. The number of morpholine rings is 1. The van der Waals surface area contributed by atoms with Crippen LogP contribution in [-0.4, -0.2) is 42.6 Å². The van der Waals surface area contributed by atoms with Gasteiger partial charge in [-0.05, 0) is 49.3 Å². The van der Waals surface area contributed by atoms with Gasteiger partial charge < -0.3 is 10.1 Å². The van der Waals surface area contributed by atoms with E-state index >= 15 is 0 Å². The standard InChI is InChI=1S/C19H25FN2O2/c20-16-5-3-14(4-6-16)12-22-7-8-24-18-10-15(9-17(18)22)19(23)21-11-13-1-2-13/h3-6,13,15,17-18H,1-2,7-12H2,(H,21,23)/t15-,17+,18+/m1/s1. The Morgan fingerprint density at radius 1 is 1.25 bits per heavy atom. The number of rotatable bonds is 5. The topological polar surface area (TPSA) is 41.6 Å². The van der Waals surface area contributed by atoms with Gasteiger partial charge in [-0.15, -0.1) is 0 Å². The van der Waals surface area contributed by atoms with Crippen LogP contribution >= 0.6 is 0 Å². The largest absolute Gasteiger partial charge is 0.375 e. The smallest absolute Gasteiger partial charge is 0.223 e. The third kappa shape index (κ3) is 3.62. The molecule has 2 aliphatic carbocycles. The molecule has 1 amide bonds. The molecule has 130 valence electrons. The maximum atomic E-state index is 13.1. The molecule has 4 rings (SSSR count). The molecule has 3 fully saturated rings. The zero-order valence-electron chi connectivity index (χ0n) is 13.9.